The molecule has 0 amide bonds. The molecule has 1 heteroatoms. The minimum atomic E-state index is 0.337. The SMILES string of the molecule is O=C1C(c2ccccc2)=C[C@@H]2[C@H]3CC[C@H](C3)[C@H]12. The molecule has 3 aliphatic carbocycles. The fraction of sp³-hybridized carbons (Fsp3) is 0.438. The number of hydrogen-bond donors (Lipinski definition) is 0. The van der Waals surface area contributed by atoms with Crippen molar-refractivity contribution in [1.82, 2.24) is 0 Å². The van der Waals surface area contributed by atoms with Gasteiger partial charge >= 0.3 is 0 Å². The predicted molar refractivity (Wildman–Crippen MR) is 67.2 cm³/mol. The van der Waals surface area contributed by atoms with Crippen LogP contribution in [0.25, 0.3) is 5.57 Å². The first-order valence-electron chi connectivity index (χ1n) is 6.66. The average Bonchev–Trinajstić information content (AvgIpc) is 3.03. The molecule has 1 aromatic carbocycles. The summed E-state index contributed by atoms with van der Waals surface area (Å²) in [5.74, 6) is 2.82. The number of Topliss-reactive ketones (excluding diaryl/α,β-unsaturated/α-hetero) is 1. The summed E-state index contributed by atoms with van der Waals surface area (Å²) in [5.41, 5.74) is 2.11. The van der Waals surface area contributed by atoms with E-state index in [0.29, 0.717) is 23.5 Å². The fourth-order valence-electron chi connectivity index (χ4n) is 4.27. The molecule has 4 rings (SSSR count). The predicted octanol–water partition coefficient (Wildman–Crippen LogP) is 3.32. The molecule has 0 saturated heterocycles. The van der Waals surface area contributed by atoms with Gasteiger partial charge in [-0.15, -0.1) is 0 Å². The van der Waals surface area contributed by atoms with Crippen LogP contribution in [0.1, 0.15) is 24.8 Å². The van der Waals surface area contributed by atoms with Crippen molar-refractivity contribution in [2.24, 2.45) is 23.7 Å². The molecule has 2 saturated carbocycles. The molecule has 17 heavy (non-hydrogen) atoms. The highest BCUT2D eigenvalue weighted by molar-refractivity contribution is 6.24. The lowest BCUT2D eigenvalue weighted by atomic mass is 9.81. The summed E-state index contributed by atoms with van der Waals surface area (Å²) in [7, 11) is 0. The van der Waals surface area contributed by atoms with E-state index < -0.39 is 0 Å². The summed E-state index contributed by atoms with van der Waals surface area (Å²) in [6, 6.07) is 10.2. The van der Waals surface area contributed by atoms with E-state index in [-0.39, 0.29) is 0 Å². The molecule has 0 spiro atoms. The zero-order valence-corrected chi connectivity index (χ0v) is 9.80. The molecule has 0 aromatic heterocycles. The molecule has 4 atom stereocenters. The summed E-state index contributed by atoms with van der Waals surface area (Å²) < 4.78 is 0. The van der Waals surface area contributed by atoms with Crippen LogP contribution in [0, 0.1) is 23.7 Å². The smallest absolute Gasteiger partial charge is 0.167 e. The molecule has 2 bridgehead atoms. The molecular weight excluding hydrogens is 208 g/mol. The quantitative estimate of drug-likeness (QED) is 0.715. The second kappa shape index (κ2) is 3.32. The Morgan fingerprint density at radius 1 is 1.00 bits per heavy atom. The van der Waals surface area contributed by atoms with Gasteiger partial charge in [-0.25, -0.2) is 0 Å². The van der Waals surface area contributed by atoms with Crippen molar-refractivity contribution >= 4 is 11.4 Å². The molecule has 0 aliphatic heterocycles. The van der Waals surface area contributed by atoms with Gasteiger partial charge in [-0.05, 0) is 42.6 Å². The number of rotatable bonds is 1. The van der Waals surface area contributed by atoms with Gasteiger partial charge in [0.25, 0.3) is 0 Å². The van der Waals surface area contributed by atoms with Gasteiger partial charge in [0.1, 0.15) is 0 Å². The van der Waals surface area contributed by atoms with Crippen molar-refractivity contribution in [3.63, 3.8) is 0 Å². The lowest BCUT2D eigenvalue weighted by Crippen LogP contribution is -2.23. The van der Waals surface area contributed by atoms with Crippen molar-refractivity contribution in [2.45, 2.75) is 19.3 Å². The Morgan fingerprint density at radius 3 is 2.53 bits per heavy atom. The van der Waals surface area contributed by atoms with Gasteiger partial charge < -0.3 is 0 Å². The third kappa shape index (κ3) is 1.23. The highest BCUT2D eigenvalue weighted by Gasteiger charge is 2.53. The fourth-order valence-corrected chi connectivity index (χ4v) is 4.27. The molecule has 86 valence electrons. The van der Waals surface area contributed by atoms with E-state index in [0.717, 1.165) is 17.1 Å². The van der Waals surface area contributed by atoms with Gasteiger partial charge in [0.15, 0.2) is 5.78 Å². The van der Waals surface area contributed by atoms with Crippen molar-refractivity contribution in [3.05, 3.63) is 42.0 Å². The van der Waals surface area contributed by atoms with Crippen LogP contribution in [0.4, 0.5) is 0 Å². The molecular formula is C16H16O. The Kier molecular flexibility index (Phi) is 1.88. The molecule has 0 radical (unpaired) electrons. The molecule has 0 N–H and O–H groups in total. The Morgan fingerprint density at radius 2 is 1.76 bits per heavy atom. The minimum absolute atomic E-state index is 0.337. The number of hydrogen-bond acceptors (Lipinski definition) is 1. The van der Waals surface area contributed by atoms with E-state index in [9.17, 15) is 4.79 Å². The van der Waals surface area contributed by atoms with E-state index in [1.165, 1.54) is 19.3 Å². The van der Waals surface area contributed by atoms with Crippen LogP contribution < -0.4 is 0 Å². The van der Waals surface area contributed by atoms with Crippen LogP contribution in [-0.4, -0.2) is 5.78 Å². The molecule has 0 heterocycles. The van der Waals surface area contributed by atoms with Crippen LogP contribution in [-0.2, 0) is 4.79 Å². The van der Waals surface area contributed by atoms with Gasteiger partial charge in [0, 0.05) is 11.5 Å². The second-order valence-corrected chi connectivity index (χ2v) is 5.75. The number of fused-ring (bicyclic) bond motifs is 5. The molecule has 2 fully saturated rings. The zero-order valence-electron chi connectivity index (χ0n) is 9.80. The van der Waals surface area contributed by atoms with Gasteiger partial charge in [0.2, 0.25) is 0 Å². The summed E-state index contributed by atoms with van der Waals surface area (Å²) in [6.07, 6.45) is 6.22. The minimum Gasteiger partial charge on any atom is -0.294 e. The van der Waals surface area contributed by atoms with Gasteiger partial charge in [-0.2, -0.15) is 0 Å². The van der Waals surface area contributed by atoms with Crippen LogP contribution in [0.5, 0.6) is 0 Å². The molecule has 0 unspecified atom stereocenters. The first-order chi connectivity index (χ1) is 8.34. The van der Waals surface area contributed by atoms with E-state index >= 15 is 0 Å². The molecule has 3 aliphatic rings. The Balaban J connectivity index is 1.75. The summed E-state index contributed by atoms with van der Waals surface area (Å²) in [4.78, 5) is 12.5. The van der Waals surface area contributed by atoms with Crippen LogP contribution >= 0.6 is 0 Å². The van der Waals surface area contributed by atoms with Crippen LogP contribution in [0.3, 0.4) is 0 Å². The number of allylic oxidation sites excluding steroid dienone is 2. The normalized spacial score (nSPS) is 38.4. The first-order valence-corrected chi connectivity index (χ1v) is 6.66. The Hall–Kier alpha value is -1.37. The van der Waals surface area contributed by atoms with Crippen LogP contribution in [0.2, 0.25) is 0 Å². The van der Waals surface area contributed by atoms with Gasteiger partial charge in [0.05, 0.1) is 0 Å². The van der Waals surface area contributed by atoms with Crippen molar-refractivity contribution in [3.8, 4) is 0 Å². The number of carbonyl (C=O) groups is 1. The summed E-state index contributed by atoms with van der Waals surface area (Å²) in [5, 5.41) is 0. The average molecular weight is 224 g/mol. The Labute approximate surface area is 102 Å². The molecule has 1 nitrogen and oxygen atoms in total. The number of carbonyl (C=O) groups excluding carboxylic acids is 1. The number of ketones is 1. The topological polar surface area (TPSA) is 17.1 Å². The molecule has 1 aromatic rings. The monoisotopic (exact) mass is 224 g/mol. The van der Waals surface area contributed by atoms with Gasteiger partial charge in [-0.1, -0.05) is 36.4 Å². The van der Waals surface area contributed by atoms with Crippen molar-refractivity contribution in [2.75, 3.05) is 0 Å². The maximum Gasteiger partial charge on any atom is 0.167 e. The van der Waals surface area contributed by atoms with Crippen LogP contribution in [0.15, 0.2) is 36.4 Å². The maximum absolute atomic E-state index is 12.5. The second-order valence-electron chi connectivity index (χ2n) is 5.75. The largest absolute Gasteiger partial charge is 0.294 e. The lowest BCUT2D eigenvalue weighted by molar-refractivity contribution is -0.118. The maximum atomic E-state index is 12.5. The highest BCUT2D eigenvalue weighted by atomic mass is 16.1. The van der Waals surface area contributed by atoms with E-state index in [1.54, 1.807) is 0 Å². The van der Waals surface area contributed by atoms with Crippen molar-refractivity contribution in [1.29, 1.82) is 0 Å². The third-order valence-corrected chi connectivity index (χ3v) is 4.99. The zero-order chi connectivity index (χ0) is 11.4. The third-order valence-electron chi connectivity index (χ3n) is 4.99. The van der Waals surface area contributed by atoms with Gasteiger partial charge in [-0.3, -0.25) is 4.79 Å². The van der Waals surface area contributed by atoms with E-state index in [4.69, 9.17) is 0 Å². The number of benzene rings is 1. The summed E-state index contributed by atoms with van der Waals surface area (Å²) in [6.45, 7) is 0. The summed E-state index contributed by atoms with van der Waals surface area (Å²) >= 11 is 0. The van der Waals surface area contributed by atoms with E-state index in [1.807, 2.05) is 18.2 Å². The van der Waals surface area contributed by atoms with Crippen molar-refractivity contribution < 1.29 is 4.79 Å². The lowest BCUT2D eigenvalue weighted by Gasteiger charge is -2.22. The highest BCUT2D eigenvalue weighted by Crippen LogP contribution is 2.57. The first kappa shape index (κ1) is 9.64. The van der Waals surface area contributed by atoms with E-state index in [2.05, 4.69) is 18.2 Å². The Bertz CT molecular complexity index is 500. The standard InChI is InChI=1S/C16H16O/c17-16-14(10-4-2-1-3-5-10)9-13-11-6-7-12(8-11)15(13)16/h1-5,9,11-13,15H,6-8H2/t11-,12+,13+,15-/m0/s1.